The highest BCUT2D eigenvalue weighted by molar-refractivity contribution is 7.17. The molecule has 0 saturated heterocycles. The molecule has 0 radical (unpaired) electrons. The van der Waals surface area contributed by atoms with E-state index in [1.54, 1.807) is 9.80 Å². The Labute approximate surface area is 357 Å². The third-order valence-corrected chi connectivity index (χ3v) is 13.1. The summed E-state index contributed by atoms with van der Waals surface area (Å²) in [6, 6.07) is 17.2. The van der Waals surface area contributed by atoms with Gasteiger partial charge in [0.1, 0.15) is 0 Å². The lowest BCUT2D eigenvalue weighted by Gasteiger charge is -2.25. The molecule has 0 atom stereocenters. The number of rotatable bonds is 18. The summed E-state index contributed by atoms with van der Waals surface area (Å²) >= 11 is 2.65. The molecule has 322 valence electrons. The Hall–Kier alpha value is -4.24. The first-order valence-electron chi connectivity index (χ1n) is 20.4. The number of halogens is 6. The predicted octanol–water partition coefficient (Wildman–Crippen LogP) is 11.5. The molecule has 0 bridgehead atoms. The van der Waals surface area contributed by atoms with Gasteiger partial charge in [0.05, 0.1) is 98.8 Å². The van der Waals surface area contributed by atoms with Crippen molar-refractivity contribution in [3.8, 4) is 20.9 Å². The van der Waals surface area contributed by atoms with Gasteiger partial charge in [-0.05, 0) is 98.2 Å². The second-order valence-corrected chi connectivity index (χ2v) is 19.9. The summed E-state index contributed by atoms with van der Waals surface area (Å²) in [5.74, 6) is -0.566. The van der Waals surface area contributed by atoms with Crippen molar-refractivity contribution < 1.29 is 44.9 Å². The van der Waals surface area contributed by atoms with Crippen LogP contribution in [0.5, 0.6) is 0 Å². The minimum atomic E-state index is -4.47. The van der Waals surface area contributed by atoms with E-state index in [2.05, 4.69) is 42.3 Å². The first-order valence-corrected chi connectivity index (χ1v) is 22.0. The molecule has 4 aromatic rings. The van der Waals surface area contributed by atoms with E-state index in [1.807, 2.05) is 24.3 Å². The number of carbonyl (C=O) groups is 2. The standard InChI is InChI=1S/C46H54F6N4O2S2/c1-55(2,3)29-13-9-7-11-27-53-41(37-25-23-35(59-37)31-15-19-33(20-16-31)45(47,48)49)39-40(43(53)57)42(54(44(39)58)28-12-8-10-14-30-56(4,5)6)38-26-24-36(60-38)32-17-21-34(22-18-32)46(50,51)52/h15-26H,7-14,27-30H2,1-6H3/q+2. The summed E-state index contributed by atoms with van der Waals surface area (Å²) in [6.45, 7) is 2.80. The smallest absolute Gasteiger partial charge is 0.331 e. The summed E-state index contributed by atoms with van der Waals surface area (Å²) in [4.78, 5) is 35.9. The van der Waals surface area contributed by atoms with E-state index in [-0.39, 0.29) is 11.8 Å². The summed E-state index contributed by atoms with van der Waals surface area (Å²) in [5.41, 5.74) is 1.34. The lowest BCUT2D eigenvalue weighted by atomic mass is 10.1. The predicted molar refractivity (Wildman–Crippen MR) is 230 cm³/mol. The topological polar surface area (TPSA) is 40.6 Å². The molecule has 2 aromatic carbocycles. The molecule has 6 rings (SSSR count). The lowest BCUT2D eigenvalue weighted by Crippen LogP contribution is -2.35. The minimum Gasteiger partial charge on any atom is -0.331 e. The van der Waals surface area contributed by atoms with Crippen molar-refractivity contribution in [2.24, 2.45) is 0 Å². The molecule has 60 heavy (non-hydrogen) atoms. The van der Waals surface area contributed by atoms with Crippen molar-refractivity contribution in [2.45, 2.75) is 63.7 Å². The first-order chi connectivity index (χ1) is 28.1. The molecule has 6 nitrogen and oxygen atoms in total. The largest absolute Gasteiger partial charge is 0.416 e. The zero-order valence-electron chi connectivity index (χ0n) is 35.1. The fourth-order valence-corrected chi connectivity index (χ4v) is 9.79. The molecular formula is C46H54F6N4O2S2+2. The van der Waals surface area contributed by atoms with Crippen LogP contribution in [-0.4, -0.2) is 99.0 Å². The van der Waals surface area contributed by atoms with Crippen molar-refractivity contribution in [1.82, 2.24) is 9.80 Å². The monoisotopic (exact) mass is 872 g/mol. The minimum absolute atomic E-state index is 0.283. The Bertz CT molecular complexity index is 2060. The number of benzene rings is 2. The van der Waals surface area contributed by atoms with E-state index in [0.29, 0.717) is 79.1 Å². The van der Waals surface area contributed by atoms with Crippen LogP contribution in [0, 0.1) is 0 Å². The molecule has 14 heteroatoms. The summed E-state index contributed by atoms with van der Waals surface area (Å²) in [7, 11) is 12.9. The van der Waals surface area contributed by atoms with Crippen LogP contribution in [-0.2, 0) is 21.9 Å². The van der Waals surface area contributed by atoms with Gasteiger partial charge in [0, 0.05) is 22.8 Å². The van der Waals surface area contributed by atoms with Gasteiger partial charge in [0.15, 0.2) is 0 Å². The van der Waals surface area contributed by atoms with Crippen LogP contribution >= 0.6 is 22.7 Å². The number of hydrogen-bond donors (Lipinski definition) is 0. The summed E-state index contributed by atoms with van der Waals surface area (Å²) < 4.78 is 82.0. The molecule has 0 spiro atoms. The number of nitrogens with zero attached hydrogens (tertiary/aromatic N) is 4. The molecule has 0 fully saturated rings. The van der Waals surface area contributed by atoms with E-state index in [0.717, 1.165) is 84.8 Å². The second kappa shape index (κ2) is 18.0. The van der Waals surface area contributed by atoms with Crippen LogP contribution in [0.2, 0.25) is 0 Å². The lowest BCUT2D eigenvalue weighted by molar-refractivity contribution is -0.870. The number of thiophene rings is 2. The molecular weight excluding hydrogens is 819 g/mol. The van der Waals surface area contributed by atoms with Crippen molar-refractivity contribution in [1.29, 1.82) is 0 Å². The van der Waals surface area contributed by atoms with Crippen LogP contribution < -0.4 is 0 Å². The Balaban J connectivity index is 1.39. The molecule has 0 N–H and O–H groups in total. The highest BCUT2D eigenvalue weighted by atomic mass is 32.1. The van der Waals surface area contributed by atoms with Crippen LogP contribution in [0.15, 0.2) is 83.9 Å². The number of alkyl halides is 6. The molecule has 0 unspecified atom stereocenters. The van der Waals surface area contributed by atoms with Gasteiger partial charge in [-0.15, -0.1) is 22.7 Å². The molecule has 0 saturated carbocycles. The van der Waals surface area contributed by atoms with E-state index < -0.39 is 23.5 Å². The molecule has 0 aliphatic carbocycles. The number of quaternary nitrogens is 2. The molecule has 2 aliphatic rings. The van der Waals surface area contributed by atoms with Crippen LogP contribution in [0.3, 0.4) is 0 Å². The van der Waals surface area contributed by atoms with Gasteiger partial charge >= 0.3 is 12.4 Å². The van der Waals surface area contributed by atoms with Crippen LogP contribution in [0.1, 0.15) is 72.2 Å². The second-order valence-electron chi connectivity index (χ2n) is 17.7. The van der Waals surface area contributed by atoms with Crippen molar-refractivity contribution in [2.75, 3.05) is 68.5 Å². The third-order valence-electron chi connectivity index (χ3n) is 10.8. The van der Waals surface area contributed by atoms with Gasteiger partial charge < -0.3 is 18.8 Å². The Morgan fingerprint density at radius 2 is 0.767 bits per heavy atom. The van der Waals surface area contributed by atoms with Crippen LogP contribution in [0.25, 0.3) is 32.3 Å². The average molecular weight is 873 g/mol. The Morgan fingerprint density at radius 3 is 1.08 bits per heavy atom. The number of unbranched alkanes of at least 4 members (excludes halogenated alkanes) is 6. The van der Waals surface area contributed by atoms with Gasteiger partial charge in [-0.1, -0.05) is 37.1 Å². The Morgan fingerprint density at radius 1 is 0.450 bits per heavy atom. The van der Waals surface area contributed by atoms with Crippen molar-refractivity contribution >= 4 is 45.9 Å². The van der Waals surface area contributed by atoms with Gasteiger partial charge in [0.25, 0.3) is 11.8 Å². The third kappa shape index (κ3) is 10.8. The summed E-state index contributed by atoms with van der Waals surface area (Å²) in [5, 5.41) is 0. The van der Waals surface area contributed by atoms with Crippen molar-refractivity contribution in [3.05, 3.63) is 105 Å². The maximum atomic E-state index is 14.9. The number of amides is 2. The first kappa shape index (κ1) is 45.3. The fraction of sp³-hybridized carbons (Fsp3) is 0.435. The number of fused-ring (bicyclic) bond motifs is 1. The van der Waals surface area contributed by atoms with E-state index in [4.69, 9.17) is 0 Å². The fourth-order valence-electron chi connectivity index (χ4n) is 7.64. The Kier molecular flexibility index (Phi) is 13.6. The maximum Gasteiger partial charge on any atom is 0.416 e. The molecule has 4 heterocycles. The van der Waals surface area contributed by atoms with Gasteiger partial charge in [0.2, 0.25) is 0 Å². The zero-order chi connectivity index (χ0) is 43.6. The van der Waals surface area contributed by atoms with Crippen LogP contribution in [0.4, 0.5) is 26.3 Å². The zero-order valence-corrected chi connectivity index (χ0v) is 36.7. The molecule has 2 aromatic heterocycles. The maximum absolute atomic E-state index is 14.9. The molecule has 2 amide bonds. The van der Waals surface area contributed by atoms with E-state index in [1.165, 1.54) is 46.9 Å². The average Bonchev–Trinajstić information content (AvgIpc) is 3.95. The van der Waals surface area contributed by atoms with Crippen molar-refractivity contribution in [3.63, 3.8) is 0 Å². The normalized spacial score (nSPS) is 15.3. The summed E-state index contributed by atoms with van der Waals surface area (Å²) in [6.07, 6.45) is -1.72. The highest BCUT2D eigenvalue weighted by Crippen LogP contribution is 2.50. The molecule has 2 aliphatic heterocycles. The SMILES string of the molecule is C[N+](C)(C)CCCCCCN1C(=O)C2=C(c3ccc(-c4ccc(C(F)(F)F)cc4)s3)N(CCCCCC[N+](C)(C)C)C(=O)C2=C1c1ccc(-c2ccc(C(F)(F)F)cc2)s1. The number of hydrogen-bond acceptors (Lipinski definition) is 4. The van der Waals surface area contributed by atoms with Gasteiger partial charge in [-0.25, -0.2) is 0 Å². The highest BCUT2D eigenvalue weighted by Gasteiger charge is 2.49. The quantitative estimate of drug-likeness (QED) is 0.0568. The van der Waals surface area contributed by atoms with Gasteiger partial charge in [-0.2, -0.15) is 26.3 Å². The van der Waals surface area contributed by atoms with E-state index in [9.17, 15) is 35.9 Å². The van der Waals surface area contributed by atoms with E-state index >= 15 is 0 Å². The van der Waals surface area contributed by atoms with Gasteiger partial charge in [-0.3, -0.25) is 9.59 Å². The number of carbonyl (C=O) groups excluding carboxylic acids is 2.